The van der Waals surface area contributed by atoms with E-state index in [4.69, 9.17) is 0 Å². The maximum atomic E-state index is 11.3. The number of carboxylic acid groups (broad SMARTS) is 1. The lowest BCUT2D eigenvalue weighted by Crippen LogP contribution is -2.00. The molecule has 0 saturated carbocycles. The van der Waals surface area contributed by atoms with Crippen LogP contribution >= 0.6 is 0 Å². The van der Waals surface area contributed by atoms with Gasteiger partial charge >= 0.3 is 5.97 Å². The Kier molecular flexibility index (Phi) is 3.91. The van der Waals surface area contributed by atoms with Crippen LogP contribution in [0, 0.1) is 10.1 Å². The number of carbonyl (C=O) groups is 1. The summed E-state index contributed by atoms with van der Waals surface area (Å²) < 4.78 is 0. The molecule has 0 amide bonds. The summed E-state index contributed by atoms with van der Waals surface area (Å²) in [5, 5.41) is 20.0. The largest absolute Gasteiger partial charge is 0.478 e. The van der Waals surface area contributed by atoms with Crippen LogP contribution in [0.15, 0.2) is 54.6 Å². The average Bonchev–Trinajstić information content (AvgIpc) is 2.45. The van der Waals surface area contributed by atoms with E-state index in [-0.39, 0.29) is 11.3 Å². The number of nitrogens with zero attached hydrogens (tertiary/aromatic N) is 1. The van der Waals surface area contributed by atoms with E-state index in [1.807, 2.05) is 6.07 Å². The molecule has 0 aliphatic rings. The molecule has 2 aromatic rings. The van der Waals surface area contributed by atoms with Gasteiger partial charge in [-0.3, -0.25) is 10.1 Å². The smallest absolute Gasteiger partial charge is 0.336 e. The van der Waals surface area contributed by atoms with Crippen LogP contribution in [0.5, 0.6) is 0 Å². The van der Waals surface area contributed by atoms with Crippen molar-refractivity contribution >= 4 is 23.3 Å². The summed E-state index contributed by atoms with van der Waals surface area (Å²) in [6.45, 7) is 0. The van der Waals surface area contributed by atoms with E-state index in [0.29, 0.717) is 5.56 Å². The van der Waals surface area contributed by atoms with Crippen LogP contribution in [-0.2, 0) is 4.79 Å². The van der Waals surface area contributed by atoms with Crippen molar-refractivity contribution in [3.05, 3.63) is 75.8 Å². The van der Waals surface area contributed by atoms with E-state index in [1.54, 1.807) is 24.3 Å². The van der Waals surface area contributed by atoms with Crippen molar-refractivity contribution in [2.45, 2.75) is 0 Å². The third-order valence-electron chi connectivity index (χ3n) is 2.71. The maximum Gasteiger partial charge on any atom is 0.336 e. The van der Waals surface area contributed by atoms with E-state index >= 15 is 0 Å². The average molecular weight is 269 g/mol. The number of nitro groups is 1. The van der Waals surface area contributed by atoms with Gasteiger partial charge in [0, 0.05) is 12.1 Å². The summed E-state index contributed by atoms with van der Waals surface area (Å²) in [7, 11) is 0. The monoisotopic (exact) mass is 269 g/mol. The number of non-ortho nitro benzene ring substituents is 1. The summed E-state index contributed by atoms with van der Waals surface area (Å²) >= 11 is 0. The molecule has 0 aromatic heterocycles. The fourth-order valence-electron chi connectivity index (χ4n) is 1.77. The molecule has 0 radical (unpaired) electrons. The predicted molar refractivity (Wildman–Crippen MR) is 75.0 cm³/mol. The van der Waals surface area contributed by atoms with Crippen molar-refractivity contribution < 1.29 is 14.8 Å². The lowest BCUT2D eigenvalue weighted by atomic mass is 10.0. The zero-order valence-corrected chi connectivity index (χ0v) is 10.4. The first kappa shape index (κ1) is 13.5. The van der Waals surface area contributed by atoms with Crippen molar-refractivity contribution in [3.8, 4) is 0 Å². The Morgan fingerprint density at radius 3 is 2.40 bits per heavy atom. The molecule has 0 bridgehead atoms. The molecular formula is C15H11NO4. The first-order chi connectivity index (χ1) is 9.58. The Hall–Kier alpha value is -2.95. The second-order valence-corrected chi connectivity index (χ2v) is 4.08. The van der Waals surface area contributed by atoms with Crippen LogP contribution in [0.25, 0.3) is 11.6 Å². The Morgan fingerprint density at radius 1 is 1.10 bits per heavy atom. The lowest BCUT2D eigenvalue weighted by Gasteiger charge is -2.03. The highest BCUT2D eigenvalue weighted by atomic mass is 16.6. The minimum absolute atomic E-state index is 0.0138. The van der Waals surface area contributed by atoms with Gasteiger partial charge in [0.2, 0.25) is 0 Å². The summed E-state index contributed by atoms with van der Waals surface area (Å²) in [5.74, 6) is -1.13. The van der Waals surface area contributed by atoms with Gasteiger partial charge in [-0.25, -0.2) is 4.79 Å². The van der Waals surface area contributed by atoms with Crippen LogP contribution in [0.2, 0.25) is 0 Å². The van der Waals surface area contributed by atoms with Crippen molar-refractivity contribution in [2.24, 2.45) is 0 Å². The van der Waals surface area contributed by atoms with E-state index in [0.717, 1.165) is 5.56 Å². The van der Waals surface area contributed by atoms with Gasteiger partial charge in [-0.15, -0.1) is 0 Å². The fraction of sp³-hybridized carbons (Fsp3) is 0. The highest BCUT2D eigenvalue weighted by Crippen LogP contribution is 2.22. The van der Waals surface area contributed by atoms with Gasteiger partial charge in [-0.05, 0) is 17.2 Å². The zero-order valence-electron chi connectivity index (χ0n) is 10.4. The molecule has 0 aliphatic heterocycles. The molecule has 2 aromatic carbocycles. The van der Waals surface area contributed by atoms with Crippen LogP contribution in [0.1, 0.15) is 11.1 Å². The third-order valence-corrected chi connectivity index (χ3v) is 2.71. The first-order valence-electron chi connectivity index (χ1n) is 5.83. The van der Waals surface area contributed by atoms with Gasteiger partial charge in [0.05, 0.1) is 10.5 Å². The third kappa shape index (κ3) is 3.08. The molecule has 0 fully saturated rings. The number of nitro benzene ring substituents is 1. The van der Waals surface area contributed by atoms with Gasteiger partial charge in [0.1, 0.15) is 0 Å². The molecule has 0 saturated heterocycles. The maximum absolute atomic E-state index is 11.3. The van der Waals surface area contributed by atoms with E-state index in [2.05, 4.69) is 0 Å². The van der Waals surface area contributed by atoms with Crippen molar-refractivity contribution in [1.29, 1.82) is 0 Å². The number of carboxylic acids is 1. The second-order valence-electron chi connectivity index (χ2n) is 4.08. The highest BCUT2D eigenvalue weighted by Gasteiger charge is 2.14. The van der Waals surface area contributed by atoms with Crippen LogP contribution in [-0.4, -0.2) is 16.0 Å². The second kappa shape index (κ2) is 5.79. The van der Waals surface area contributed by atoms with Gasteiger partial charge in [0.15, 0.2) is 0 Å². The number of hydrogen-bond donors (Lipinski definition) is 1. The minimum Gasteiger partial charge on any atom is -0.478 e. The number of hydrogen-bond acceptors (Lipinski definition) is 3. The highest BCUT2D eigenvalue weighted by molar-refractivity contribution is 6.20. The lowest BCUT2D eigenvalue weighted by molar-refractivity contribution is -0.384. The molecule has 5 nitrogen and oxygen atoms in total. The SMILES string of the molecule is O=C(O)C(=Cc1ccccc1)c1cccc([N+](=O)[O-])c1. The van der Waals surface area contributed by atoms with Gasteiger partial charge in [-0.2, -0.15) is 0 Å². The van der Waals surface area contributed by atoms with Crippen LogP contribution in [0.3, 0.4) is 0 Å². The van der Waals surface area contributed by atoms with E-state index in [1.165, 1.54) is 30.3 Å². The van der Waals surface area contributed by atoms with Gasteiger partial charge in [-0.1, -0.05) is 42.5 Å². The van der Waals surface area contributed by atoms with E-state index in [9.17, 15) is 20.0 Å². The van der Waals surface area contributed by atoms with Crippen LogP contribution < -0.4 is 0 Å². The Bertz CT molecular complexity index is 677. The summed E-state index contributed by atoms with van der Waals surface area (Å²) in [6, 6.07) is 14.5. The number of benzene rings is 2. The van der Waals surface area contributed by atoms with Gasteiger partial charge < -0.3 is 5.11 Å². The molecule has 0 spiro atoms. The zero-order chi connectivity index (χ0) is 14.5. The van der Waals surface area contributed by atoms with Gasteiger partial charge in [0.25, 0.3) is 5.69 Å². The van der Waals surface area contributed by atoms with Crippen LogP contribution in [0.4, 0.5) is 5.69 Å². The molecular weight excluding hydrogens is 258 g/mol. The molecule has 2 rings (SSSR count). The minimum atomic E-state index is -1.13. The quantitative estimate of drug-likeness (QED) is 0.400. The molecule has 5 heteroatoms. The number of aliphatic carboxylic acids is 1. The van der Waals surface area contributed by atoms with E-state index < -0.39 is 10.9 Å². The van der Waals surface area contributed by atoms with Crippen molar-refractivity contribution in [2.75, 3.05) is 0 Å². The standard InChI is InChI=1S/C15H11NO4/c17-15(18)14(9-11-5-2-1-3-6-11)12-7-4-8-13(10-12)16(19)20/h1-10H,(H,17,18). The molecule has 0 aliphatic carbocycles. The normalized spacial score (nSPS) is 11.1. The van der Waals surface area contributed by atoms with Crippen molar-refractivity contribution in [3.63, 3.8) is 0 Å². The Balaban J connectivity index is 2.49. The predicted octanol–water partition coefficient (Wildman–Crippen LogP) is 3.22. The Morgan fingerprint density at radius 2 is 1.80 bits per heavy atom. The summed E-state index contributed by atoms with van der Waals surface area (Å²) in [5.41, 5.74) is 0.898. The molecule has 100 valence electrons. The molecule has 0 atom stereocenters. The summed E-state index contributed by atoms with van der Waals surface area (Å²) in [6.07, 6.45) is 1.49. The number of rotatable bonds is 4. The topological polar surface area (TPSA) is 80.4 Å². The molecule has 0 heterocycles. The first-order valence-corrected chi connectivity index (χ1v) is 5.83. The van der Waals surface area contributed by atoms with Crippen molar-refractivity contribution in [1.82, 2.24) is 0 Å². The molecule has 0 unspecified atom stereocenters. The Labute approximate surface area is 115 Å². The fourth-order valence-corrected chi connectivity index (χ4v) is 1.77. The summed E-state index contributed by atoms with van der Waals surface area (Å²) in [4.78, 5) is 21.5. The molecule has 20 heavy (non-hydrogen) atoms. The molecule has 1 N–H and O–H groups in total.